The lowest BCUT2D eigenvalue weighted by Crippen LogP contribution is -2.37. The number of ether oxygens (including phenoxy) is 1. The predicted octanol–water partition coefficient (Wildman–Crippen LogP) is 5.39. The summed E-state index contributed by atoms with van der Waals surface area (Å²) in [6.45, 7) is 2.06. The lowest BCUT2D eigenvalue weighted by atomic mass is 9.96. The molecule has 0 unspecified atom stereocenters. The highest BCUT2D eigenvalue weighted by atomic mass is 35.5. The summed E-state index contributed by atoms with van der Waals surface area (Å²) in [5.74, 6) is -3.27. The Balaban J connectivity index is 0.000000604. The van der Waals surface area contributed by atoms with Gasteiger partial charge in [-0.1, -0.05) is 30.9 Å². The maximum atomic E-state index is 13.6. The number of nitrogens with one attached hydrogen (secondary N) is 2. The van der Waals surface area contributed by atoms with Crippen LogP contribution in [0.4, 0.5) is 23.7 Å². The smallest absolute Gasteiger partial charge is 0.404 e. The zero-order chi connectivity index (χ0) is 25.1. The number of hydrogen-bond acceptors (Lipinski definition) is 4. The fraction of sp³-hybridized carbons (Fsp3) is 0.348. The van der Waals surface area contributed by atoms with Gasteiger partial charge >= 0.3 is 6.09 Å². The van der Waals surface area contributed by atoms with Crippen LogP contribution in [0.15, 0.2) is 41.4 Å². The molecule has 2 aromatic rings. The van der Waals surface area contributed by atoms with E-state index in [-0.39, 0.29) is 22.6 Å². The maximum absolute atomic E-state index is 13.6. The average molecular weight is 499 g/mol. The minimum Gasteiger partial charge on any atom is -0.450 e. The molecule has 0 aliphatic heterocycles. The van der Waals surface area contributed by atoms with Gasteiger partial charge < -0.3 is 15.8 Å². The average Bonchev–Trinajstić information content (AvgIpc) is 2.76. The molecule has 0 saturated heterocycles. The van der Waals surface area contributed by atoms with Crippen molar-refractivity contribution < 1.29 is 27.5 Å². The van der Waals surface area contributed by atoms with Gasteiger partial charge in [-0.15, -0.1) is 0 Å². The molecular formula is C23H26ClF3N4O3. The van der Waals surface area contributed by atoms with Gasteiger partial charge in [-0.3, -0.25) is 10.1 Å². The van der Waals surface area contributed by atoms with Crippen LogP contribution >= 0.6 is 11.6 Å². The molecule has 3 rings (SSSR count). The van der Waals surface area contributed by atoms with Crippen molar-refractivity contribution in [3.8, 4) is 0 Å². The number of nitrogens with zero attached hydrogens (tertiary/aromatic N) is 1. The number of benzene rings is 2. The summed E-state index contributed by atoms with van der Waals surface area (Å²) in [6, 6.07) is 6.72. The standard InChI is InChI=1S/C20H19ClF3N3O.C3H7NO2/c21-13-9-14(22)11-16(10-13)26-20(25-15-4-2-1-3-5-15)27-19(28)12-6-7-17(23)18(24)8-12;1-2-6-3(4)5/h6-11,15H,1-5H2,(H2,25,26,27,28);2H2,1H3,(H2,4,5). The van der Waals surface area contributed by atoms with Crippen molar-refractivity contribution in [2.24, 2.45) is 10.7 Å². The molecule has 1 aliphatic rings. The van der Waals surface area contributed by atoms with Gasteiger partial charge in [-0.2, -0.15) is 0 Å². The summed E-state index contributed by atoms with van der Waals surface area (Å²) in [6.07, 6.45) is 4.23. The molecule has 2 amide bonds. The Labute approximate surface area is 200 Å². The lowest BCUT2D eigenvalue weighted by molar-refractivity contribution is 0.0976. The molecule has 7 nitrogen and oxygen atoms in total. The number of amides is 2. The van der Waals surface area contributed by atoms with Crippen LogP contribution in [0.1, 0.15) is 49.4 Å². The van der Waals surface area contributed by atoms with Crippen LogP contribution in [-0.4, -0.2) is 30.6 Å². The van der Waals surface area contributed by atoms with Crippen LogP contribution < -0.4 is 16.4 Å². The van der Waals surface area contributed by atoms with Crippen LogP contribution in [0.5, 0.6) is 0 Å². The van der Waals surface area contributed by atoms with Crippen molar-refractivity contribution >= 4 is 35.2 Å². The molecule has 1 fully saturated rings. The number of anilines is 1. The Morgan fingerprint density at radius 3 is 2.35 bits per heavy atom. The van der Waals surface area contributed by atoms with Gasteiger partial charge in [-0.05, 0) is 56.2 Å². The molecule has 34 heavy (non-hydrogen) atoms. The second-order valence-corrected chi connectivity index (χ2v) is 7.82. The first kappa shape index (κ1) is 27.0. The quantitative estimate of drug-likeness (QED) is 0.388. The Hall–Kier alpha value is -3.27. The van der Waals surface area contributed by atoms with Crippen LogP contribution in [0.25, 0.3) is 0 Å². The van der Waals surface area contributed by atoms with E-state index < -0.39 is 29.5 Å². The molecule has 0 spiro atoms. The number of aliphatic imine (C=N–C) groups is 1. The second kappa shape index (κ2) is 13.4. The van der Waals surface area contributed by atoms with Crippen LogP contribution in [-0.2, 0) is 4.74 Å². The van der Waals surface area contributed by atoms with E-state index in [1.165, 1.54) is 18.2 Å². The maximum Gasteiger partial charge on any atom is 0.404 e. The first-order valence-corrected chi connectivity index (χ1v) is 11.0. The van der Waals surface area contributed by atoms with E-state index in [1.54, 1.807) is 6.92 Å². The number of carbonyl (C=O) groups is 2. The van der Waals surface area contributed by atoms with E-state index in [0.29, 0.717) is 12.3 Å². The van der Waals surface area contributed by atoms with Crippen molar-refractivity contribution in [3.05, 3.63) is 64.4 Å². The minimum atomic E-state index is -1.12. The van der Waals surface area contributed by atoms with E-state index in [1.807, 2.05) is 0 Å². The van der Waals surface area contributed by atoms with Gasteiger partial charge in [0.05, 0.1) is 12.6 Å². The Kier molecular flexibility index (Phi) is 10.7. The van der Waals surface area contributed by atoms with Gasteiger partial charge in [0.2, 0.25) is 5.96 Å². The van der Waals surface area contributed by atoms with Crippen LogP contribution in [0, 0.1) is 17.5 Å². The zero-order valence-corrected chi connectivity index (χ0v) is 19.3. The minimum absolute atomic E-state index is 0.00513. The van der Waals surface area contributed by atoms with Gasteiger partial charge in [0, 0.05) is 16.3 Å². The summed E-state index contributed by atoms with van der Waals surface area (Å²) < 4.78 is 44.3. The molecule has 1 saturated carbocycles. The van der Waals surface area contributed by atoms with Crippen LogP contribution in [0.2, 0.25) is 5.02 Å². The first-order chi connectivity index (χ1) is 16.2. The number of rotatable bonds is 4. The van der Waals surface area contributed by atoms with Crippen molar-refractivity contribution in [2.75, 3.05) is 11.9 Å². The largest absolute Gasteiger partial charge is 0.450 e. The first-order valence-electron chi connectivity index (χ1n) is 10.7. The summed E-state index contributed by atoms with van der Waals surface area (Å²) in [5, 5.41) is 5.61. The molecule has 184 valence electrons. The van der Waals surface area contributed by atoms with E-state index >= 15 is 0 Å². The Morgan fingerprint density at radius 2 is 1.79 bits per heavy atom. The second-order valence-electron chi connectivity index (χ2n) is 7.39. The van der Waals surface area contributed by atoms with Gasteiger partial charge in [0.25, 0.3) is 5.91 Å². The van der Waals surface area contributed by atoms with E-state index in [2.05, 4.69) is 26.1 Å². The fourth-order valence-corrected chi connectivity index (χ4v) is 3.43. The molecule has 4 N–H and O–H groups in total. The highest BCUT2D eigenvalue weighted by molar-refractivity contribution is 6.31. The summed E-state index contributed by atoms with van der Waals surface area (Å²) in [4.78, 5) is 26.6. The van der Waals surface area contributed by atoms with Gasteiger partial charge in [-0.25, -0.2) is 23.0 Å². The molecule has 0 atom stereocenters. The van der Waals surface area contributed by atoms with Crippen LogP contribution in [0.3, 0.4) is 0 Å². The van der Waals surface area contributed by atoms with E-state index in [9.17, 15) is 22.8 Å². The monoisotopic (exact) mass is 498 g/mol. The molecule has 0 aromatic heterocycles. The Morgan fingerprint density at radius 1 is 1.09 bits per heavy atom. The number of halogens is 4. The number of primary amides is 1. The predicted molar refractivity (Wildman–Crippen MR) is 124 cm³/mol. The van der Waals surface area contributed by atoms with Crippen molar-refractivity contribution in [3.63, 3.8) is 0 Å². The number of carbonyl (C=O) groups excluding carboxylic acids is 2. The SMILES string of the molecule is CCOC(N)=O.O=C(NC(=NC1CCCCC1)Nc1cc(F)cc(Cl)c1)c1ccc(F)c(F)c1. The molecule has 11 heteroatoms. The van der Waals surface area contributed by atoms with E-state index in [4.69, 9.17) is 11.6 Å². The zero-order valence-electron chi connectivity index (χ0n) is 18.5. The fourth-order valence-electron chi connectivity index (χ4n) is 3.21. The van der Waals surface area contributed by atoms with Crippen molar-refractivity contribution in [1.29, 1.82) is 0 Å². The number of guanidine groups is 1. The highest BCUT2D eigenvalue weighted by Gasteiger charge is 2.17. The molecule has 0 bridgehead atoms. The third kappa shape index (κ3) is 9.30. The Bertz CT molecular complexity index is 1010. The highest BCUT2D eigenvalue weighted by Crippen LogP contribution is 2.22. The third-order valence-corrected chi connectivity index (χ3v) is 4.93. The normalized spacial score (nSPS) is 14.0. The summed E-state index contributed by atoms with van der Waals surface area (Å²) >= 11 is 5.87. The van der Waals surface area contributed by atoms with Crippen molar-refractivity contribution in [1.82, 2.24) is 5.32 Å². The lowest BCUT2D eigenvalue weighted by Gasteiger charge is -2.20. The molecular weight excluding hydrogens is 473 g/mol. The number of hydrogen-bond donors (Lipinski definition) is 3. The molecule has 0 heterocycles. The summed E-state index contributed by atoms with van der Waals surface area (Å²) in [5.41, 5.74) is 4.79. The van der Waals surface area contributed by atoms with Gasteiger partial charge in [0.1, 0.15) is 5.82 Å². The molecule has 0 radical (unpaired) electrons. The topological polar surface area (TPSA) is 106 Å². The molecule has 1 aliphatic carbocycles. The third-order valence-electron chi connectivity index (χ3n) is 4.71. The van der Waals surface area contributed by atoms with E-state index in [0.717, 1.165) is 50.3 Å². The van der Waals surface area contributed by atoms with Crippen molar-refractivity contribution in [2.45, 2.75) is 45.1 Å². The summed E-state index contributed by atoms with van der Waals surface area (Å²) in [7, 11) is 0. The molecule has 2 aromatic carbocycles. The van der Waals surface area contributed by atoms with Gasteiger partial charge in [0.15, 0.2) is 11.6 Å². The number of nitrogens with two attached hydrogens (primary N) is 1.